The predicted molar refractivity (Wildman–Crippen MR) is 133 cm³/mol. The lowest BCUT2D eigenvalue weighted by atomic mass is 9.86. The SMILES string of the molecule is Cc1ccc(C(=S)n2c3c(c4cc(Cc5ccccc5)ccc42)CC(C(=O)O)CC3)cc1. The van der Waals surface area contributed by atoms with E-state index in [9.17, 15) is 9.90 Å². The third-order valence-electron chi connectivity index (χ3n) is 6.53. The fraction of sp³-hybridized carbons (Fsp3) is 0.214. The van der Waals surface area contributed by atoms with E-state index < -0.39 is 5.97 Å². The molecule has 160 valence electrons. The Balaban J connectivity index is 1.64. The molecule has 1 heterocycles. The summed E-state index contributed by atoms with van der Waals surface area (Å²) in [5.74, 6) is -1.05. The van der Waals surface area contributed by atoms with Crippen LogP contribution in [0.15, 0.2) is 72.8 Å². The number of carboxylic acid groups (broad SMARTS) is 1. The summed E-state index contributed by atoms with van der Waals surface area (Å²) in [5, 5.41) is 10.8. The third-order valence-corrected chi connectivity index (χ3v) is 6.95. The zero-order valence-corrected chi connectivity index (χ0v) is 18.9. The van der Waals surface area contributed by atoms with E-state index in [1.165, 1.54) is 22.4 Å². The van der Waals surface area contributed by atoms with Crippen LogP contribution in [-0.2, 0) is 24.1 Å². The molecule has 3 aromatic carbocycles. The quantitative estimate of drug-likeness (QED) is 0.399. The molecule has 1 atom stereocenters. The zero-order chi connectivity index (χ0) is 22.2. The van der Waals surface area contributed by atoms with Gasteiger partial charge in [-0.15, -0.1) is 0 Å². The van der Waals surface area contributed by atoms with Crippen LogP contribution in [0.3, 0.4) is 0 Å². The van der Waals surface area contributed by atoms with Gasteiger partial charge in [0.25, 0.3) is 0 Å². The van der Waals surface area contributed by atoms with Crippen LogP contribution in [0.25, 0.3) is 10.9 Å². The van der Waals surface area contributed by atoms with Crippen molar-refractivity contribution in [1.82, 2.24) is 4.57 Å². The van der Waals surface area contributed by atoms with Crippen molar-refractivity contribution in [3.8, 4) is 0 Å². The fourth-order valence-corrected chi connectivity index (χ4v) is 5.16. The molecule has 1 aliphatic rings. The topological polar surface area (TPSA) is 42.2 Å². The van der Waals surface area contributed by atoms with Crippen molar-refractivity contribution in [3.05, 3.63) is 106 Å². The van der Waals surface area contributed by atoms with Gasteiger partial charge in [-0.2, -0.15) is 0 Å². The van der Waals surface area contributed by atoms with E-state index in [2.05, 4.69) is 78.2 Å². The summed E-state index contributed by atoms with van der Waals surface area (Å²) >= 11 is 5.96. The van der Waals surface area contributed by atoms with Crippen LogP contribution in [-0.4, -0.2) is 20.6 Å². The summed E-state index contributed by atoms with van der Waals surface area (Å²) in [6, 6.07) is 25.3. The van der Waals surface area contributed by atoms with E-state index in [0.29, 0.717) is 12.8 Å². The lowest BCUT2D eigenvalue weighted by molar-refractivity contribution is -0.142. The van der Waals surface area contributed by atoms with Gasteiger partial charge in [0.15, 0.2) is 0 Å². The molecule has 0 aliphatic heterocycles. The number of benzene rings is 3. The lowest BCUT2D eigenvalue weighted by Crippen LogP contribution is -2.24. The van der Waals surface area contributed by atoms with Crippen LogP contribution >= 0.6 is 12.2 Å². The molecule has 0 radical (unpaired) electrons. The molecule has 1 aromatic heterocycles. The highest BCUT2D eigenvalue weighted by Crippen LogP contribution is 2.36. The molecule has 0 saturated heterocycles. The maximum absolute atomic E-state index is 11.8. The van der Waals surface area contributed by atoms with Crippen molar-refractivity contribution >= 4 is 34.1 Å². The lowest BCUT2D eigenvalue weighted by Gasteiger charge is -2.21. The Hall–Kier alpha value is -3.24. The van der Waals surface area contributed by atoms with Gasteiger partial charge in [-0.05, 0) is 61.4 Å². The Morgan fingerprint density at radius 1 is 1.03 bits per heavy atom. The normalized spacial score (nSPS) is 15.5. The second-order valence-corrected chi connectivity index (χ2v) is 9.11. The number of fused-ring (bicyclic) bond motifs is 3. The van der Waals surface area contributed by atoms with E-state index in [0.717, 1.165) is 39.9 Å². The smallest absolute Gasteiger partial charge is 0.306 e. The maximum Gasteiger partial charge on any atom is 0.306 e. The average molecular weight is 440 g/mol. The van der Waals surface area contributed by atoms with Gasteiger partial charge in [0.1, 0.15) is 4.99 Å². The number of aryl methyl sites for hydroxylation is 1. The van der Waals surface area contributed by atoms with E-state index in [-0.39, 0.29) is 5.92 Å². The molecule has 5 rings (SSSR count). The highest BCUT2D eigenvalue weighted by molar-refractivity contribution is 7.80. The van der Waals surface area contributed by atoms with Crippen molar-refractivity contribution in [3.63, 3.8) is 0 Å². The van der Waals surface area contributed by atoms with Crippen LogP contribution < -0.4 is 0 Å². The third kappa shape index (κ3) is 3.76. The minimum atomic E-state index is -0.710. The van der Waals surface area contributed by atoms with Crippen LogP contribution in [0.4, 0.5) is 0 Å². The molecular weight excluding hydrogens is 414 g/mol. The van der Waals surface area contributed by atoms with Gasteiger partial charge in [0.2, 0.25) is 0 Å². The molecule has 0 fully saturated rings. The van der Waals surface area contributed by atoms with Crippen LogP contribution in [0.5, 0.6) is 0 Å². The molecule has 0 saturated carbocycles. The first kappa shape index (κ1) is 20.7. The predicted octanol–water partition coefficient (Wildman–Crippen LogP) is 5.95. The van der Waals surface area contributed by atoms with Crippen molar-refractivity contribution < 1.29 is 9.90 Å². The molecule has 4 aromatic rings. The molecule has 1 N–H and O–H groups in total. The molecule has 1 aliphatic carbocycles. The monoisotopic (exact) mass is 439 g/mol. The zero-order valence-electron chi connectivity index (χ0n) is 18.0. The first-order chi connectivity index (χ1) is 15.5. The summed E-state index contributed by atoms with van der Waals surface area (Å²) in [6.45, 7) is 2.07. The summed E-state index contributed by atoms with van der Waals surface area (Å²) < 4.78 is 2.19. The van der Waals surface area contributed by atoms with Crippen molar-refractivity contribution in [2.45, 2.75) is 32.6 Å². The van der Waals surface area contributed by atoms with Crippen LogP contribution in [0.2, 0.25) is 0 Å². The largest absolute Gasteiger partial charge is 0.481 e. The Morgan fingerprint density at radius 2 is 1.78 bits per heavy atom. The fourth-order valence-electron chi connectivity index (χ4n) is 4.82. The van der Waals surface area contributed by atoms with Crippen molar-refractivity contribution in [2.75, 3.05) is 0 Å². The van der Waals surface area contributed by atoms with Gasteiger partial charge in [-0.3, -0.25) is 4.79 Å². The van der Waals surface area contributed by atoms with E-state index in [4.69, 9.17) is 12.2 Å². The Kier molecular flexibility index (Phi) is 5.40. The van der Waals surface area contributed by atoms with Gasteiger partial charge >= 0.3 is 5.97 Å². The van der Waals surface area contributed by atoms with Crippen molar-refractivity contribution in [2.24, 2.45) is 5.92 Å². The first-order valence-electron chi connectivity index (χ1n) is 11.0. The highest BCUT2D eigenvalue weighted by Gasteiger charge is 2.30. The average Bonchev–Trinajstić information content (AvgIpc) is 3.13. The second kappa shape index (κ2) is 8.36. The van der Waals surface area contributed by atoms with E-state index in [1.807, 2.05) is 6.07 Å². The molecule has 0 spiro atoms. The Labute approximate surface area is 193 Å². The van der Waals surface area contributed by atoms with Gasteiger partial charge < -0.3 is 9.67 Å². The van der Waals surface area contributed by atoms with Crippen LogP contribution in [0.1, 0.15) is 39.9 Å². The number of aliphatic carboxylic acids is 1. The minimum Gasteiger partial charge on any atom is -0.481 e. The van der Waals surface area contributed by atoms with Crippen molar-refractivity contribution in [1.29, 1.82) is 0 Å². The summed E-state index contributed by atoms with van der Waals surface area (Å²) in [7, 11) is 0. The summed E-state index contributed by atoms with van der Waals surface area (Å²) in [5.41, 5.74) is 8.08. The van der Waals surface area contributed by atoms with Gasteiger partial charge in [-0.25, -0.2) is 0 Å². The molecule has 0 bridgehead atoms. The number of hydrogen-bond donors (Lipinski definition) is 1. The highest BCUT2D eigenvalue weighted by atomic mass is 32.1. The number of rotatable bonds is 4. The Bertz CT molecular complexity index is 1320. The number of carboxylic acids is 1. The molecular formula is C28H25NO2S. The van der Waals surface area contributed by atoms with E-state index in [1.54, 1.807) is 0 Å². The number of thiocarbonyl (C=S) groups is 1. The molecule has 3 nitrogen and oxygen atoms in total. The molecule has 1 unspecified atom stereocenters. The number of hydrogen-bond acceptors (Lipinski definition) is 2. The Morgan fingerprint density at radius 3 is 2.50 bits per heavy atom. The minimum absolute atomic E-state index is 0.340. The second-order valence-electron chi connectivity index (χ2n) is 8.72. The van der Waals surface area contributed by atoms with Crippen LogP contribution in [0, 0.1) is 12.8 Å². The standard InChI is InChI=1S/C28H25NO2S/c1-18-7-10-21(11-8-18)27(32)29-25-13-9-20(15-19-5-3-2-4-6-19)16-23(25)24-17-22(28(30)31)12-14-26(24)29/h2-11,13,16,22H,12,14-15,17H2,1H3,(H,30,31). The number of nitrogens with zero attached hydrogens (tertiary/aromatic N) is 1. The molecule has 0 amide bonds. The number of aromatic nitrogens is 1. The van der Waals surface area contributed by atoms with Gasteiger partial charge in [0.05, 0.1) is 11.4 Å². The van der Waals surface area contributed by atoms with E-state index >= 15 is 0 Å². The summed E-state index contributed by atoms with van der Waals surface area (Å²) in [4.78, 5) is 12.5. The van der Waals surface area contributed by atoms with Gasteiger partial charge in [-0.1, -0.05) is 78.4 Å². The molecule has 32 heavy (non-hydrogen) atoms. The summed E-state index contributed by atoms with van der Waals surface area (Å²) in [6.07, 6.45) is 2.77. The molecule has 4 heteroatoms. The number of carbonyl (C=O) groups is 1. The maximum atomic E-state index is 11.8. The van der Waals surface area contributed by atoms with Gasteiger partial charge in [0, 0.05) is 16.6 Å². The first-order valence-corrected chi connectivity index (χ1v) is 11.5.